The minimum atomic E-state index is -0.469. The zero-order valence-electron chi connectivity index (χ0n) is 16.3. The lowest BCUT2D eigenvalue weighted by molar-refractivity contribution is 0.158. The smallest absolute Gasteiger partial charge is 0.411 e. The highest BCUT2D eigenvalue weighted by atomic mass is 16.5. The van der Waals surface area contributed by atoms with E-state index in [4.69, 9.17) is 9.84 Å². The van der Waals surface area contributed by atoms with Crippen molar-refractivity contribution in [1.82, 2.24) is 0 Å². The van der Waals surface area contributed by atoms with Gasteiger partial charge in [-0.15, -0.1) is 0 Å². The summed E-state index contributed by atoms with van der Waals surface area (Å²) in [5, 5.41) is 11.8. The Bertz CT molecular complexity index is 956. The first-order valence-electron chi connectivity index (χ1n) is 9.71. The van der Waals surface area contributed by atoms with Crippen LogP contribution in [0.5, 0.6) is 0 Å². The average molecular weight is 388 g/mol. The normalized spacial score (nSPS) is 12.2. The fourth-order valence-corrected chi connectivity index (χ4v) is 3.83. The Hall–Kier alpha value is -3.31. The van der Waals surface area contributed by atoms with Crippen LogP contribution in [0.4, 0.5) is 16.2 Å². The van der Waals surface area contributed by atoms with Crippen molar-refractivity contribution >= 4 is 17.5 Å². The van der Waals surface area contributed by atoms with Gasteiger partial charge in [-0.25, -0.2) is 4.79 Å². The lowest BCUT2D eigenvalue weighted by Crippen LogP contribution is -2.21. The van der Waals surface area contributed by atoms with Gasteiger partial charge < -0.3 is 14.7 Å². The Morgan fingerprint density at radius 1 is 0.966 bits per heavy atom. The van der Waals surface area contributed by atoms with Gasteiger partial charge in [0, 0.05) is 30.9 Å². The van der Waals surface area contributed by atoms with Crippen molar-refractivity contribution in [1.29, 1.82) is 0 Å². The van der Waals surface area contributed by atoms with E-state index in [0.717, 1.165) is 5.69 Å². The highest BCUT2D eigenvalue weighted by molar-refractivity contribution is 5.85. The molecule has 1 aliphatic rings. The molecule has 5 nitrogen and oxygen atoms in total. The molecular formula is C24H24N2O3. The van der Waals surface area contributed by atoms with E-state index in [1.54, 1.807) is 0 Å². The van der Waals surface area contributed by atoms with Crippen molar-refractivity contribution in [2.45, 2.75) is 5.92 Å². The first-order valence-corrected chi connectivity index (χ1v) is 9.71. The summed E-state index contributed by atoms with van der Waals surface area (Å²) in [6, 6.07) is 24.0. The molecule has 3 aromatic rings. The molecular weight excluding hydrogens is 364 g/mol. The first-order chi connectivity index (χ1) is 14.2. The second-order valence-electron chi connectivity index (χ2n) is 7.14. The molecule has 0 heterocycles. The van der Waals surface area contributed by atoms with E-state index in [9.17, 15) is 4.79 Å². The van der Waals surface area contributed by atoms with Crippen molar-refractivity contribution in [2.24, 2.45) is 0 Å². The van der Waals surface area contributed by atoms with Crippen molar-refractivity contribution < 1.29 is 14.6 Å². The Kier molecular flexibility index (Phi) is 5.49. The second kappa shape index (κ2) is 8.37. The third kappa shape index (κ3) is 3.96. The van der Waals surface area contributed by atoms with Gasteiger partial charge in [0.1, 0.15) is 6.61 Å². The molecule has 29 heavy (non-hydrogen) atoms. The number of benzene rings is 3. The van der Waals surface area contributed by atoms with E-state index < -0.39 is 6.09 Å². The van der Waals surface area contributed by atoms with Crippen LogP contribution in [0.3, 0.4) is 0 Å². The molecule has 3 aromatic carbocycles. The molecule has 5 heteroatoms. The second-order valence-corrected chi connectivity index (χ2v) is 7.14. The number of carbonyl (C=O) groups is 1. The quantitative estimate of drug-likeness (QED) is 0.654. The highest BCUT2D eigenvalue weighted by Crippen LogP contribution is 2.44. The third-order valence-electron chi connectivity index (χ3n) is 5.33. The molecule has 0 bridgehead atoms. The molecule has 4 rings (SSSR count). The lowest BCUT2D eigenvalue weighted by Gasteiger charge is -2.18. The molecule has 1 amide bonds. The van der Waals surface area contributed by atoms with E-state index >= 15 is 0 Å². The minimum absolute atomic E-state index is 0.0441. The number of fused-ring (bicyclic) bond motifs is 3. The van der Waals surface area contributed by atoms with Gasteiger partial charge in [-0.05, 0) is 46.5 Å². The number of rotatable bonds is 6. The third-order valence-corrected chi connectivity index (χ3v) is 5.33. The standard InChI is InChI=1S/C24H24N2O3/c1-26(14-15-27)18-12-10-17(11-13-18)25-24(28)29-16-23-21-8-4-2-6-19(21)20-7-3-5-9-22(20)23/h2-13,23,27H,14-16H2,1H3,(H,25,28). The number of aliphatic hydroxyl groups excluding tert-OH is 1. The van der Waals surface area contributed by atoms with Crippen molar-refractivity contribution in [2.75, 3.05) is 37.0 Å². The highest BCUT2D eigenvalue weighted by Gasteiger charge is 2.28. The topological polar surface area (TPSA) is 61.8 Å². The van der Waals surface area contributed by atoms with Crippen LogP contribution in [0.25, 0.3) is 11.1 Å². The van der Waals surface area contributed by atoms with Crippen LogP contribution in [0.15, 0.2) is 72.8 Å². The number of carbonyl (C=O) groups excluding carboxylic acids is 1. The number of amides is 1. The largest absolute Gasteiger partial charge is 0.448 e. The first kappa shape index (κ1) is 19.0. The number of aliphatic hydroxyl groups is 1. The van der Waals surface area contributed by atoms with Crippen molar-refractivity contribution in [3.8, 4) is 11.1 Å². The van der Waals surface area contributed by atoms with Gasteiger partial charge in [0.2, 0.25) is 0 Å². The fourth-order valence-electron chi connectivity index (χ4n) is 3.83. The van der Waals surface area contributed by atoms with Crippen LogP contribution < -0.4 is 10.2 Å². The number of nitrogens with one attached hydrogen (secondary N) is 1. The molecule has 0 atom stereocenters. The molecule has 2 N–H and O–H groups in total. The number of nitrogens with zero attached hydrogens (tertiary/aromatic N) is 1. The van der Waals surface area contributed by atoms with E-state index in [2.05, 4.69) is 29.6 Å². The van der Waals surface area contributed by atoms with Gasteiger partial charge in [0.05, 0.1) is 6.61 Å². The lowest BCUT2D eigenvalue weighted by atomic mass is 9.98. The summed E-state index contributed by atoms with van der Waals surface area (Å²) in [4.78, 5) is 14.3. The van der Waals surface area contributed by atoms with Crippen LogP contribution in [-0.4, -0.2) is 38.0 Å². The molecule has 0 unspecified atom stereocenters. The molecule has 148 valence electrons. The molecule has 0 saturated heterocycles. The van der Waals surface area contributed by atoms with E-state index in [1.807, 2.05) is 60.5 Å². The summed E-state index contributed by atoms with van der Waals surface area (Å²) < 4.78 is 5.57. The minimum Gasteiger partial charge on any atom is -0.448 e. The number of ether oxygens (including phenoxy) is 1. The molecule has 1 aliphatic carbocycles. The SMILES string of the molecule is CN(CCO)c1ccc(NC(=O)OCC2c3ccccc3-c3ccccc32)cc1. The van der Waals surface area contributed by atoms with Crippen molar-refractivity contribution in [3.63, 3.8) is 0 Å². The molecule has 0 aromatic heterocycles. The predicted molar refractivity (Wildman–Crippen MR) is 115 cm³/mol. The maximum Gasteiger partial charge on any atom is 0.411 e. The van der Waals surface area contributed by atoms with Gasteiger partial charge in [-0.3, -0.25) is 5.32 Å². The summed E-state index contributed by atoms with van der Waals surface area (Å²) >= 11 is 0. The van der Waals surface area contributed by atoms with E-state index in [-0.39, 0.29) is 19.1 Å². The number of hydrogen-bond acceptors (Lipinski definition) is 4. The molecule has 0 radical (unpaired) electrons. The summed E-state index contributed by atoms with van der Waals surface area (Å²) in [6.45, 7) is 0.937. The number of hydrogen-bond donors (Lipinski definition) is 2. The van der Waals surface area contributed by atoms with Crippen LogP contribution in [0.1, 0.15) is 17.0 Å². The van der Waals surface area contributed by atoms with Gasteiger partial charge in [0.15, 0.2) is 0 Å². The van der Waals surface area contributed by atoms with Crippen LogP contribution in [-0.2, 0) is 4.74 Å². The van der Waals surface area contributed by atoms with Crippen molar-refractivity contribution in [3.05, 3.63) is 83.9 Å². The number of likely N-dealkylation sites (N-methyl/N-ethyl adjacent to an activating group) is 1. The summed E-state index contributed by atoms with van der Waals surface area (Å²) in [7, 11) is 1.91. The van der Waals surface area contributed by atoms with Crippen LogP contribution in [0, 0.1) is 0 Å². The predicted octanol–water partition coefficient (Wildman–Crippen LogP) is 4.48. The van der Waals surface area contributed by atoms with Crippen LogP contribution >= 0.6 is 0 Å². The van der Waals surface area contributed by atoms with E-state index in [1.165, 1.54) is 22.3 Å². The zero-order valence-corrected chi connectivity index (χ0v) is 16.3. The Balaban J connectivity index is 1.40. The summed E-state index contributed by atoms with van der Waals surface area (Å²) in [6.07, 6.45) is -0.469. The summed E-state index contributed by atoms with van der Waals surface area (Å²) in [5.74, 6) is 0.0441. The van der Waals surface area contributed by atoms with Gasteiger partial charge in [0.25, 0.3) is 0 Å². The Morgan fingerprint density at radius 2 is 1.55 bits per heavy atom. The van der Waals surface area contributed by atoms with Crippen LogP contribution in [0.2, 0.25) is 0 Å². The monoisotopic (exact) mass is 388 g/mol. The average Bonchev–Trinajstić information content (AvgIpc) is 3.07. The van der Waals surface area contributed by atoms with Gasteiger partial charge in [-0.2, -0.15) is 0 Å². The van der Waals surface area contributed by atoms with E-state index in [0.29, 0.717) is 12.2 Å². The molecule has 0 aliphatic heterocycles. The fraction of sp³-hybridized carbons (Fsp3) is 0.208. The maximum absolute atomic E-state index is 12.3. The molecule has 0 spiro atoms. The Labute approximate surface area is 170 Å². The zero-order chi connectivity index (χ0) is 20.2. The molecule has 0 saturated carbocycles. The van der Waals surface area contributed by atoms with Gasteiger partial charge >= 0.3 is 6.09 Å². The Morgan fingerprint density at radius 3 is 2.14 bits per heavy atom. The maximum atomic E-state index is 12.3. The number of anilines is 2. The molecule has 0 fully saturated rings. The summed E-state index contributed by atoms with van der Waals surface area (Å²) in [5.41, 5.74) is 6.44. The van der Waals surface area contributed by atoms with Gasteiger partial charge in [-0.1, -0.05) is 48.5 Å².